The lowest BCUT2D eigenvalue weighted by Crippen LogP contribution is -2.30. The second-order valence-corrected chi connectivity index (χ2v) is 6.70. The molecule has 0 bridgehead atoms. The Morgan fingerprint density at radius 2 is 1.93 bits per heavy atom. The van der Waals surface area contributed by atoms with Crippen LogP contribution in [0.3, 0.4) is 0 Å². The molecule has 1 aliphatic carbocycles. The van der Waals surface area contributed by atoms with E-state index in [-0.39, 0.29) is 11.9 Å². The van der Waals surface area contributed by atoms with Gasteiger partial charge in [0.25, 0.3) is 0 Å². The molecule has 0 aromatic rings. The standard InChI is InChI=1S/C9H17ClO3S/c1-13-9(7-14(10,11)12)8-5-3-2-4-6-8/h8-9H,2-7H2,1H3. The summed E-state index contributed by atoms with van der Waals surface area (Å²) in [4.78, 5) is 0. The van der Waals surface area contributed by atoms with Gasteiger partial charge in [0, 0.05) is 17.8 Å². The Balaban J connectivity index is 2.52. The number of methoxy groups -OCH3 is 1. The summed E-state index contributed by atoms with van der Waals surface area (Å²) in [5.41, 5.74) is 0. The minimum absolute atomic E-state index is 0.0598. The molecule has 5 heteroatoms. The highest BCUT2D eigenvalue weighted by Gasteiger charge is 2.27. The van der Waals surface area contributed by atoms with Crippen LogP contribution in [-0.4, -0.2) is 27.4 Å². The van der Waals surface area contributed by atoms with E-state index in [1.807, 2.05) is 0 Å². The lowest BCUT2D eigenvalue weighted by molar-refractivity contribution is 0.0533. The molecule has 0 spiro atoms. The first-order valence-corrected chi connectivity index (χ1v) is 7.46. The molecule has 0 N–H and O–H groups in total. The summed E-state index contributed by atoms with van der Waals surface area (Å²) >= 11 is 0. The molecule has 3 nitrogen and oxygen atoms in total. The molecule has 0 saturated heterocycles. The van der Waals surface area contributed by atoms with Gasteiger partial charge in [-0.15, -0.1) is 0 Å². The molecule has 0 aromatic heterocycles. The molecule has 0 aromatic carbocycles. The minimum Gasteiger partial charge on any atom is -0.380 e. The van der Waals surface area contributed by atoms with E-state index in [9.17, 15) is 8.42 Å². The van der Waals surface area contributed by atoms with Gasteiger partial charge in [0.2, 0.25) is 9.05 Å². The highest BCUT2D eigenvalue weighted by atomic mass is 35.7. The summed E-state index contributed by atoms with van der Waals surface area (Å²) in [5, 5.41) is 0. The lowest BCUT2D eigenvalue weighted by Gasteiger charge is -2.28. The third kappa shape index (κ3) is 4.15. The molecule has 1 saturated carbocycles. The smallest absolute Gasteiger partial charge is 0.235 e. The Kier molecular flexibility index (Phi) is 4.67. The van der Waals surface area contributed by atoms with E-state index in [1.54, 1.807) is 7.11 Å². The molecule has 1 fully saturated rings. The van der Waals surface area contributed by atoms with Crippen LogP contribution in [0.15, 0.2) is 0 Å². The van der Waals surface area contributed by atoms with Gasteiger partial charge in [-0.2, -0.15) is 0 Å². The monoisotopic (exact) mass is 240 g/mol. The predicted octanol–water partition coefficient (Wildman–Crippen LogP) is 2.15. The topological polar surface area (TPSA) is 43.4 Å². The van der Waals surface area contributed by atoms with Crippen molar-refractivity contribution in [3.8, 4) is 0 Å². The lowest BCUT2D eigenvalue weighted by atomic mass is 9.86. The quantitative estimate of drug-likeness (QED) is 0.708. The largest absolute Gasteiger partial charge is 0.380 e. The zero-order valence-electron chi connectivity index (χ0n) is 8.41. The van der Waals surface area contributed by atoms with Gasteiger partial charge in [-0.1, -0.05) is 19.3 Å². The van der Waals surface area contributed by atoms with Crippen molar-refractivity contribution in [2.45, 2.75) is 38.2 Å². The number of hydrogen-bond acceptors (Lipinski definition) is 3. The molecular formula is C9H17ClO3S. The van der Waals surface area contributed by atoms with E-state index < -0.39 is 9.05 Å². The van der Waals surface area contributed by atoms with Gasteiger partial charge in [0.15, 0.2) is 0 Å². The van der Waals surface area contributed by atoms with Crippen molar-refractivity contribution in [2.24, 2.45) is 5.92 Å². The van der Waals surface area contributed by atoms with E-state index >= 15 is 0 Å². The first kappa shape index (κ1) is 12.3. The van der Waals surface area contributed by atoms with Crippen molar-refractivity contribution in [3.05, 3.63) is 0 Å². The average Bonchev–Trinajstić information content (AvgIpc) is 2.14. The summed E-state index contributed by atoms with van der Waals surface area (Å²) in [5.74, 6) is 0.303. The summed E-state index contributed by atoms with van der Waals surface area (Å²) in [6.45, 7) is 0. The van der Waals surface area contributed by atoms with Gasteiger partial charge in [-0.25, -0.2) is 8.42 Å². The average molecular weight is 241 g/mol. The Morgan fingerprint density at radius 1 is 1.36 bits per heavy atom. The van der Waals surface area contributed by atoms with Gasteiger partial charge in [0.05, 0.1) is 11.9 Å². The van der Waals surface area contributed by atoms with Crippen LogP contribution >= 0.6 is 10.7 Å². The maximum absolute atomic E-state index is 10.9. The highest BCUT2D eigenvalue weighted by molar-refractivity contribution is 8.13. The maximum atomic E-state index is 10.9. The minimum atomic E-state index is -3.44. The van der Waals surface area contributed by atoms with Gasteiger partial charge in [-0.3, -0.25) is 0 Å². The summed E-state index contributed by atoms with van der Waals surface area (Å²) in [6, 6.07) is 0. The van der Waals surface area contributed by atoms with Crippen molar-refractivity contribution in [3.63, 3.8) is 0 Å². The van der Waals surface area contributed by atoms with Gasteiger partial charge < -0.3 is 4.74 Å². The summed E-state index contributed by atoms with van der Waals surface area (Å²) in [6.07, 6.45) is 5.49. The molecular weight excluding hydrogens is 224 g/mol. The van der Waals surface area contributed by atoms with Crippen LogP contribution in [0.2, 0.25) is 0 Å². The second kappa shape index (κ2) is 5.33. The Bertz CT molecular complexity index is 257. The van der Waals surface area contributed by atoms with Crippen molar-refractivity contribution >= 4 is 19.7 Å². The normalized spacial score (nSPS) is 22.1. The zero-order chi connectivity index (χ0) is 10.6. The van der Waals surface area contributed by atoms with Crippen LogP contribution in [0, 0.1) is 5.92 Å². The van der Waals surface area contributed by atoms with Crippen molar-refractivity contribution < 1.29 is 13.2 Å². The summed E-state index contributed by atoms with van der Waals surface area (Å²) in [7, 11) is 3.34. The summed E-state index contributed by atoms with van der Waals surface area (Å²) < 4.78 is 27.1. The van der Waals surface area contributed by atoms with E-state index in [1.165, 1.54) is 19.3 Å². The predicted molar refractivity (Wildman–Crippen MR) is 57.0 cm³/mol. The molecule has 1 rings (SSSR count). The first-order chi connectivity index (χ1) is 6.53. The van der Waals surface area contributed by atoms with E-state index in [0.717, 1.165) is 12.8 Å². The third-order valence-corrected chi connectivity index (χ3v) is 3.95. The fourth-order valence-corrected chi connectivity index (χ4v) is 3.27. The van der Waals surface area contributed by atoms with Crippen LogP contribution < -0.4 is 0 Å². The fourth-order valence-electron chi connectivity index (χ4n) is 2.10. The van der Waals surface area contributed by atoms with E-state index in [2.05, 4.69) is 0 Å². The Morgan fingerprint density at radius 3 is 2.36 bits per heavy atom. The van der Waals surface area contributed by atoms with Gasteiger partial charge in [0.1, 0.15) is 0 Å². The van der Waals surface area contributed by atoms with E-state index in [4.69, 9.17) is 15.4 Å². The Labute approximate surface area is 90.2 Å². The molecule has 1 aliphatic rings. The van der Waals surface area contributed by atoms with Crippen LogP contribution in [-0.2, 0) is 13.8 Å². The maximum Gasteiger partial charge on any atom is 0.235 e. The molecule has 84 valence electrons. The van der Waals surface area contributed by atoms with E-state index in [0.29, 0.717) is 5.92 Å². The Hall–Kier alpha value is 0.200. The number of ether oxygens (including phenoxy) is 1. The van der Waals surface area contributed by atoms with Gasteiger partial charge in [-0.05, 0) is 18.8 Å². The SMILES string of the molecule is COC(CS(=O)(=O)Cl)C1CCCCC1. The second-order valence-electron chi connectivity index (χ2n) is 3.88. The van der Waals surface area contributed by atoms with Crippen LogP contribution in [0.25, 0.3) is 0 Å². The molecule has 0 aliphatic heterocycles. The molecule has 0 amide bonds. The third-order valence-electron chi connectivity index (χ3n) is 2.84. The van der Waals surface area contributed by atoms with Crippen molar-refractivity contribution in [2.75, 3.05) is 12.9 Å². The van der Waals surface area contributed by atoms with Crippen LogP contribution in [0.5, 0.6) is 0 Å². The van der Waals surface area contributed by atoms with Gasteiger partial charge >= 0.3 is 0 Å². The number of halogens is 1. The van der Waals surface area contributed by atoms with Crippen molar-refractivity contribution in [1.29, 1.82) is 0 Å². The number of hydrogen-bond donors (Lipinski definition) is 0. The number of rotatable bonds is 4. The highest BCUT2D eigenvalue weighted by Crippen LogP contribution is 2.28. The fraction of sp³-hybridized carbons (Fsp3) is 1.00. The molecule has 0 heterocycles. The molecule has 1 unspecified atom stereocenters. The molecule has 1 atom stereocenters. The van der Waals surface area contributed by atoms with Crippen molar-refractivity contribution in [1.82, 2.24) is 0 Å². The zero-order valence-corrected chi connectivity index (χ0v) is 9.98. The molecule has 14 heavy (non-hydrogen) atoms. The van der Waals surface area contributed by atoms with Crippen LogP contribution in [0.4, 0.5) is 0 Å². The van der Waals surface area contributed by atoms with Crippen LogP contribution in [0.1, 0.15) is 32.1 Å². The molecule has 0 radical (unpaired) electrons. The first-order valence-electron chi connectivity index (χ1n) is 4.98.